The molecular formula is C113H230O24. The highest BCUT2D eigenvalue weighted by Gasteiger charge is 2.22. The summed E-state index contributed by atoms with van der Waals surface area (Å²) in [5, 5.41) is 171. The molecule has 0 aliphatic heterocycles. The largest absolute Gasteiger partial charge is 0.394 e. The Morgan fingerprint density at radius 3 is 0.606 bits per heavy atom. The fraction of sp³-hybridized carbons (Fsp3) is 0.841. The van der Waals surface area contributed by atoms with E-state index in [0.29, 0.717) is 155 Å². The number of methoxy groups -OCH3 is 2. The first-order valence-electron chi connectivity index (χ1n) is 51.4. The van der Waals surface area contributed by atoms with Crippen LogP contribution in [0.5, 0.6) is 0 Å². The molecule has 3 rings (SSSR count). The summed E-state index contributed by atoms with van der Waals surface area (Å²) in [5.41, 5.74) is 0.678. The Hall–Kier alpha value is -3.30. The zero-order valence-corrected chi connectivity index (χ0v) is 95.4. The fourth-order valence-corrected chi connectivity index (χ4v) is 12.9. The molecule has 8 unspecified atom stereocenters. The molecule has 24 heteroatoms. The summed E-state index contributed by atoms with van der Waals surface area (Å²) in [4.78, 5) is 0. The van der Waals surface area contributed by atoms with E-state index in [2.05, 4.69) is 125 Å². The topological polar surface area (TPSA) is 431 Å². The first kappa shape index (κ1) is 156. The molecule has 0 aliphatic carbocycles. The van der Waals surface area contributed by atoms with Crippen molar-refractivity contribution in [1.82, 2.24) is 0 Å². The van der Waals surface area contributed by atoms with Gasteiger partial charge >= 0.3 is 0 Å². The average molecular weight is 1970 g/mol. The first-order chi connectivity index (χ1) is 62.8. The summed E-state index contributed by atoms with van der Waals surface area (Å²) in [6.07, 6.45) is 7.22. The fourth-order valence-electron chi connectivity index (χ4n) is 12.9. The molecule has 3 aromatic carbocycles. The zero-order chi connectivity index (χ0) is 110. The van der Waals surface area contributed by atoms with Gasteiger partial charge in [-0.2, -0.15) is 0 Å². The van der Waals surface area contributed by atoms with Crippen molar-refractivity contribution in [2.24, 2.45) is 82.9 Å². The zero-order valence-electron chi connectivity index (χ0n) is 95.4. The van der Waals surface area contributed by atoms with Crippen molar-refractivity contribution >= 4 is 0 Å². The Labute approximate surface area is 842 Å². The Morgan fingerprint density at radius 2 is 0.460 bits per heavy atom. The summed E-state index contributed by atoms with van der Waals surface area (Å²) in [7, 11) is 3.20. The minimum atomic E-state index is -0.881. The molecule has 24 nitrogen and oxygen atoms in total. The molecule has 0 heterocycles. The predicted molar refractivity (Wildman–Crippen MR) is 575 cm³/mol. The highest BCUT2D eigenvalue weighted by atomic mass is 16.5. The highest BCUT2D eigenvalue weighted by molar-refractivity contribution is 5.19. The Morgan fingerprint density at radius 1 is 0.255 bits per heavy atom. The third-order valence-corrected chi connectivity index (χ3v) is 18.1. The molecule has 0 fully saturated rings. The summed E-state index contributed by atoms with van der Waals surface area (Å²) < 4.78 is 25.3. The lowest BCUT2D eigenvalue weighted by Crippen LogP contribution is -2.30. The van der Waals surface area contributed by atoms with Gasteiger partial charge in [0.05, 0.1) is 162 Å². The molecule has 0 bridgehead atoms. The normalized spacial score (nSPS) is 14.6. The van der Waals surface area contributed by atoms with Crippen LogP contribution < -0.4 is 0 Å². The van der Waals surface area contributed by atoms with Crippen molar-refractivity contribution in [2.45, 2.75) is 449 Å². The van der Waals surface area contributed by atoms with Gasteiger partial charge in [0.15, 0.2) is 0 Å². The molecule has 0 saturated heterocycles. The summed E-state index contributed by atoms with van der Waals surface area (Å²) >= 11 is 0. The lowest BCUT2D eigenvalue weighted by molar-refractivity contribution is -0.0531. The molecule has 0 aliphatic rings. The van der Waals surface area contributed by atoms with Gasteiger partial charge in [-0.05, 0) is 259 Å². The molecule has 0 aromatic heterocycles. The highest BCUT2D eigenvalue weighted by Crippen LogP contribution is 2.24. The quantitative estimate of drug-likeness (QED) is 0.0250. The van der Waals surface area contributed by atoms with Crippen LogP contribution in [-0.4, -0.2) is 261 Å². The maximum Gasteiger partial charge on any atom is 0.0851 e. The minimum Gasteiger partial charge on any atom is -0.394 e. The van der Waals surface area contributed by atoms with E-state index < -0.39 is 35.1 Å². The molecular weight excluding hydrogens is 1740 g/mol. The number of ether oxygens (including phenoxy) is 5. The summed E-state index contributed by atoms with van der Waals surface area (Å²) in [6, 6.07) is 29.4. The molecule has 13 atom stereocenters. The molecule has 137 heavy (non-hydrogen) atoms. The second-order valence-corrected chi connectivity index (χ2v) is 44.8. The van der Waals surface area contributed by atoms with E-state index in [1.165, 1.54) is 0 Å². The van der Waals surface area contributed by atoms with E-state index in [1.807, 2.05) is 216 Å². The lowest BCUT2D eigenvalue weighted by Gasteiger charge is -2.22. The van der Waals surface area contributed by atoms with Crippen molar-refractivity contribution in [3.8, 4) is 0 Å². The number of rotatable bonds is 48. The van der Waals surface area contributed by atoms with Crippen LogP contribution in [0.4, 0.5) is 0 Å². The van der Waals surface area contributed by atoms with E-state index in [0.717, 1.165) is 74.5 Å². The predicted octanol–water partition coefficient (Wildman–Crippen LogP) is 20.3. The van der Waals surface area contributed by atoms with Gasteiger partial charge in [0.2, 0.25) is 0 Å². The molecule has 0 spiro atoms. The lowest BCUT2D eigenvalue weighted by atomic mass is 9.95. The van der Waals surface area contributed by atoms with Gasteiger partial charge in [0.25, 0.3) is 0 Å². The van der Waals surface area contributed by atoms with Crippen molar-refractivity contribution in [3.63, 3.8) is 0 Å². The van der Waals surface area contributed by atoms with Crippen LogP contribution in [0.1, 0.15) is 388 Å². The SMILES string of the molecule is CC(C)CC(C)(C)O.CC(C)CC(C)(O)CO.CC(C)CC(C)(O)CO.CC(C)CC(O)CO.CC(C)CC(O)COC(C)(C)C.CC(C)CC(O)COC(C)C.CC(C)CC(O)c1ccccc1.CC(C)C[C@@H](O)CO.CC(C)C[C@@H](O)c1ccccc1.CC(C)C[C@H](O)CO.CC(C)C[C@H](O)c1ccccc1.CCOCC(O)CC(C)C.COCC(O)CC(C)C.COC[C@H](O)CC(C)C. The molecule has 3 aromatic rings. The minimum absolute atomic E-state index is 0.113. The van der Waals surface area contributed by atoms with Crippen LogP contribution in [0.2, 0.25) is 0 Å². The van der Waals surface area contributed by atoms with E-state index >= 15 is 0 Å². The van der Waals surface area contributed by atoms with Crippen molar-refractivity contribution < 1.29 is 121 Å². The van der Waals surface area contributed by atoms with Crippen molar-refractivity contribution in [1.29, 1.82) is 0 Å². The first-order valence-corrected chi connectivity index (χ1v) is 51.4. The van der Waals surface area contributed by atoms with Crippen molar-refractivity contribution in [3.05, 3.63) is 108 Å². The molecule has 0 radical (unpaired) electrons. The van der Waals surface area contributed by atoms with Crippen molar-refractivity contribution in [2.75, 3.05) is 86.9 Å². The maximum absolute atomic E-state index is 9.69. The van der Waals surface area contributed by atoms with E-state index in [4.69, 9.17) is 74.7 Å². The third-order valence-electron chi connectivity index (χ3n) is 18.1. The van der Waals surface area contributed by atoms with Gasteiger partial charge in [-0.15, -0.1) is 0 Å². The Kier molecular flexibility index (Phi) is 113. The van der Waals surface area contributed by atoms with Crippen LogP contribution in [0, 0.1) is 82.9 Å². The Bertz CT molecular complexity index is 2590. The number of hydrogen-bond acceptors (Lipinski definition) is 24. The number of aliphatic hydroxyl groups excluding tert-OH is 16. The molecule has 0 amide bonds. The van der Waals surface area contributed by atoms with E-state index in [-0.39, 0.29) is 93.6 Å². The monoisotopic (exact) mass is 1970 g/mol. The molecule has 19 N–H and O–H groups in total. The van der Waals surface area contributed by atoms with Gasteiger partial charge in [-0.1, -0.05) is 285 Å². The number of hydrogen-bond donors (Lipinski definition) is 19. The second-order valence-electron chi connectivity index (χ2n) is 44.8. The van der Waals surface area contributed by atoms with Gasteiger partial charge < -0.3 is 121 Å². The van der Waals surface area contributed by atoms with Crippen LogP contribution in [-0.2, 0) is 23.7 Å². The standard InChI is InChI=1S/3C11H16O.C10H22O2.C9H20O2.C8H18O2.4C7H16O2.C7H16O.3C6H14O2/c3*1-9(2)8-11(12)10-6-4-3-5-7-10;1-8(2)6-9(11)7-12-10(3,4)5;1-7(2)5-9(10)6-11-8(3)4;1-4-10-6-8(9)5-7(2)3;2*1-6(2)4-7(8)5-9-3;2*1-6(2)4-7(3,9)5-8;1-6(2)5-7(3,4)8;3*1-5(2)3-6(8)4-7/h3*3-7,9,11-12H,8H2,1-2H3;8-9,11H,6-7H2,1-5H3;7-10H,5-6H2,1-4H3;7-9H,4-6H2,1-3H3;2*6-8H,4-5H2,1-3H3;2*6,8-9H,4-5H2,1-3H3;6,8H,5H2,1-4H3;3*5-8H,3-4H2,1-2H3/t2*11-;;;;;7-;;;;;2*6-;/m10....1....10./s1. The Balaban J connectivity index is -0.000000139. The summed E-state index contributed by atoms with van der Waals surface area (Å²) in [5.74, 6) is 7.23. The molecule has 826 valence electrons. The summed E-state index contributed by atoms with van der Waals surface area (Å²) in [6.45, 7) is 79.2. The smallest absolute Gasteiger partial charge is 0.0851 e. The number of benzene rings is 3. The van der Waals surface area contributed by atoms with E-state index in [9.17, 15) is 46.0 Å². The van der Waals surface area contributed by atoms with E-state index in [1.54, 1.807) is 28.1 Å². The van der Waals surface area contributed by atoms with Gasteiger partial charge in [-0.25, -0.2) is 0 Å². The maximum atomic E-state index is 9.69. The van der Waals surface area contributed by atoms with Gasteiger partial charge in [0.1, 0.15) is 0 Å². The number of aliphatic hydroxyl groups is 19. The average Bonchev–Trinajstić information content (AvgIpc) is 0.925. The van der Waals surface area contributed by atoms with Gasteiger partial charge in [-0.3, -0.25) is 0 Å². The van der Waals surface area contributed by atoms with Crippen LogP contribution in [0.3, 0.4) is 0 Å². The van der Waals surface area contributed by atoms with Crippen LogP contribution in [0.25, 0.3) is 0 Å². The van der Waals surface area contributed by atoms with Gasteiger partial charge in [0, 0.05) is 20.8 Å². The van der Waals surface area contributed by atoms with Crippen LogP contribution in [0.15, 0.2) is 91.0 Å². The van der Waals surface area contributed by atoms with Crippen LogP contribution >= 0.6 is 0 Å². The second kappa shape index (κ2) is 98.7. The third kappa shape index (κ3) is 146. The molecule has 0 saturated carbocycles.